The van der Waals surface area contributed by atoms with Gasteiger partial charge in [-0.05, 0) is 53.8 Å². The molecule has 7 nitrogen and oxygen atoms in total. The smallest absolute Gasteiger partial charge is 0.262 e. The van der Waals surface area contributed by atoms with Gasteiger partial charge in [-0.15, -0.1) is 11.3 Å². The molecule has 3 N–H and O–H groups in total. The molecule has 0 spiro atoms. The van der Waals surface area contributed by atoms with Crippen LogP contribution in [0.25, 0.3) is 10.9 Å². The van der Waals surface area contributed by atoms with Crippen molar-refractivity contribution in [1.29, 1.82) is 0 Å². The van der Waals surface area contributed by atoms with Crippen molar-refractivity contribution in [3.63, 3.8) is 0 Å². The van der Waals surface area contributed by atoms with E-state index in [1.807, 2.05) is 48.0 Å². The van der Waals surface area contributed by atoms with E-state index >= 15 is 0 Å². The lowest BCUT2D eigenvalue weighted by atomic mass is 10.0. The minimum Gasteiger partial charge on any atom is -0.361 e. The molecule has 2 aromatic heterocycles. The molecule has 1 atom stereocenters. The number of anilines is 2. The lowest BCUT2D eigenvalue weighted by molar-refractivity contribution is -0.118. The number of nitrogens with one attached hydrogen (secondary N) is 3. The Morgan fingerprint density at radius 3 is 2.62 bits per heavy atom. The molecule has 34 heavy (non-hydrogen) atoms. The van der Waals surface area contributed by atoms with Gasteiger partial charge in [0.25, 0.3) is 5.91 Å². The number of hydrogen-bond donors (Lipinski definition) is 3. The number of benzene rings is 2. The molecule has 0 saturated carbocycles. The molecule has 1 saturated heterocycles. The summed E-state index contributed by atoms with van der Waals surface area (Å²) in [5.41, 5.74) is 3.36. The maximum atomic E-state index is 13.3. The predicted octanol–water partition coefficient (Wildman–Crippen LogP) is 4.34. The van der Waals surface area contributed by atoms with Crippen LogP contribution < -0.4 is 15.5 Å². The summed E-state index contributed by atoms with van der Waals surface area (Å²) < 4.78 is 0. The van der Waals surface area contributed by atoms with E-state index in [0.717, 1.165) is 28.6 Å². The van der Waals surface area contributed by atoms with Gasteiger partial charge in [0.2, 0.25) is 11.8 Å². The zero-order valence-electron chi connectivity index (χ0n) is 18.4. The Morgan fingerprint density at radius 1 is 1.06 bits per heavy atom. The highest BCUT2D eigenvalue weighted by atomic mass is 32.1. The third-order valence-corrected chi connectivity index (χ3v) is 6.85. The number of carbonyl (C=O) groups is 3. The Kier molecular flexibility index (Phi) is 6.14. The SMILES string of the molecule is O=C(N[C@H](Cc1c[nH]c2ccccc12)C(=O)Nc1ccc(N2CCCC2=O)cc1)c1cccs1. The lowest BCUT2D eigenvalue weighted by Gasteiger charge is -2.19. The van der Waals surface area contributed by atoms with E-state index in [9.17, 15) is 14.4 Å². The number of fused-ring (bicyclic) bond motifs is 1. The summed E-state index contributed by atoms with van der Waals surface area (Å²) in [6.45, 7) is 0.714. The van der Waals surface area contributed by atoms with Crippen LogP contribution in [0.15, 0.2) is 72.2 Å². The van der Waals surface area contributed by atoms with Crippen LogP contribution in [0.3, 0.4) is 0 Å². The number of para-hydroxylation sites is 1. The standard InChI is InChI=1S/C26H24N4O3S/c31-24-8-3-13-30(24)19-11-9-18(10-12-19)28-25(32)22(29-26(33)23-7-4-14-34-23)15-17-16-27-21-6-2-1-5-20(17)21/h1-2,4-7,9-12,14,16,22,27H,3,8,13,15H2,(H,28,32)(H,29,33)/t22-/m1/s1. The molecule has 4 aromatic rings. The first-order chi connectivity index (χ1) is 16.6. The van der Waals surface area contributed by atoms with Gasteiger partial charge < -0.3 is 20.5 Å². The van der Waals surface area contributed by atoms with Crippen LogP contribution in [0, 0.1) is 0 Å². The van der Waals surface area contributed by atoms with Crippen LogP contribution in [-0.4, -0.2) is 35.3 Å². The monoisotopic (exact) mass is 472 g/mol. The molecular formula is C26H24N4O3S. The number of nitrogens with zero attached hydrogens (tertiary/aromatic N) is 1. The van der Waals surface area contributed by atoms with E-state index < -0.39 is 6.04 Å². The maximum Gasteiger partial charge on any atom is 0.262 e. The van der Waals surface area contributed by atoms with Crippen molar-refractivity contribution >= 4 is 51.3 Å². The molecule has 8 heteroatoms. The minimum absolute atomic E-state index is 0.117. The van der Waals surface area contributed by atoms with Crippen molar-refractivity contribution in [3.05, 3.63) is 82.7 Å². The molecule has 172 valence electrons. The predicted molar refractivity (Wildman–Crippen MR) is 134 cm³/mol. The Balaban J connectivity index is 1.35. The van der Waals surface area contributed by atoms with Crippen LogP contribution in [0.2, 0.25) is 0 Å². The van der Waals surface area contributed by atoms with Gasteiger partial charge in [-0.2, -0.15) is 0 Å². The highest BCUT2D eigenvalue weighted by molar-refractivity contribution is 7.12. The fourth-order valence-corrected chi connectivity index (χ4v) is 4.87. The fourth-order valence-electron chi connectivity index (χ4n) is 4.24. The van der Waals surface area contributed by atoms with E-state index in [2.05, 4.69) is 15.6 Å². The van der Waals surface area contributed by atoms with Gasteiger partial charge in [0.15, 0.2) is 0 Å². The first-order valence-electron chi connectivity index (χ1n) is 11.2. The van der Waals surface area contributed by atoms with Gasteiger partial charge in [0.1, 0.15) is 6.04 Å². The number of rotatable bonds is 7. The van der Waals surface area contributed by atoms with E-state index in [1.165, 1.54) is 11.3 Å². The summed E-state index contributed by atoms with van der Waals surface area (Å²) in [6, 6.07) is 17.9. The van der Waals surface area contributed by atoms with Crippen LogP contribution >= 0.6 is 11.3 Å². The third-order valence-electron chi connectivity index (χ3n) is 5.99. The van der Waals surface area contributed by atoms with Crippen LogP contribution in [-0.2, 0) is 16.0 Å². The van der Waals surface area contributed by atoms with Gasteiger partial charge in [-0.25, -0.2) is 0 Å². The van der Waals surface area contributed by atoms with Gasteiger partial charge in [-0.3, -0.25) is 14.4 Å². The molecule has 3 heterocycles. The number of carbonyl (C=O) groups excluding carboxylic acids is 3. The van der Waals surface area contributed by atoms with Gasteiger partial charge in [0, 0.05) is 47.9 Å². The number of hydrogen-bond acceptors (Lipinski definition) is 4. The van der Waals surface area contributed by atoms with Crippen molar-refractivity contribution in [2.24, 2.45) is 0 Å². The van der Waals surface area contributed by atoms with Crippen LogP contribution in [0.1, 0.15) is 28.1 Å². The molecule has 1 aliphatic rings. The summed E-state index contributed by atoms with van der Waals surface area (Å²) in [5.74, 6) is -0.468. The minimum atomic E-state index is -0.770. The lowest BCUT2D eigenvalue weighted by Crippen LogP contribution is -2.45. The highest BCUT2D eigenvalue weighted by Crippen LogP contribution is 2.24. The summed E-state index contributed by atoms with van der Waals surface area (Å²) in [6.07, 6.45) is 3.64. The maximum absolute atomic E-state index is 13.3. The van der Waals surface area contributed by atoms with Gasteiger partial charge in [0.05, 0.1) is 4.88 Å². The van der Waals surface area contributed by atoms with E-state index in [-0.39, 0.29) is 17.7 Å². The topological polar surface area (TPSA) is 94.3 Å². The second-order valence-electron chi connectivity index (χ2n) is 8.25. The summed E-state index contributed by atoms with van der Waals surface area (Å²) in [5, 5.41) is 8.66. The molecule has 0 radical (unpaired) electrons. The van der Waals surface area contributed by atoms with Crippen molar-refractivity contribution in [3.8, 4) is 0 Å². The molecule has 2 aromatic carbocycles. The van der Waals surface area contributed by atoms with Crippen molar-refractivity contribution < 1.29 is 14.4 Å². The second kappa shape index (κ2) is 9.52. The Morgan fingerprint density at radius 2 is 1.88 bits per heavy atom. The Labute approximate surface area is 200 Å². The normalized spacial score (nSPS) is 14.4. The molecule has 0 bridgehead atoms. The second-order valence-corrected chi connectivity index (χ2v) is 9.20. The third kappa shape index (κ3) is 4.58. The number of H-pyrrole nitrogens is 1. The molecule has 3 amide bonds. The highest BCUT2D eigenvalue weighted by Gasteiger charge is 2.25. The van der Waals surface area contributed by atoms with Gasteiger partial charge >= 0.3 is 0 Å². The van der Waals surface area contributed by atoms with Crippen molar-refractivity contribution in [1.82, 2.24) is 10.3 Å². The Bertz CT molecular complexity index is 1330. The molecule has 0 unspecified atom stereocenters. The Hall–Kier alpha value is -3.91. The summed E-state index contributed by atoms with van der Waals surface area (Å²) in [4.78, 5) is 43.6. The zero-order valence-corrected chi connectivity index (χ0v) is 19.2. The van der Waals surface area contributed by atoms with E-state index in [1.54, 1.807) is 29.2 Å². The average Bonchev–Trinajstić information content (AvgIpc) is 3.61. The molecule has 1 aliphatic heterocycles. The summed E-state index contributed by atoms with van der Waals surface area (Å²) >= 11 is 1.33. The number of amides is 3. The van der Waals surface area contributed by atoms with Gasteiger partial charge in [-0.1, -0.05) is 24.3 Å². The van der Waals surface area contributed by atoms with Crippen LogP contribution in [0.5, 0.6) is 0 Å². The average molecular weight is 473 g/mol. The van der Waals surface area contributed by atoms with E-state index in [4.69, 9.17) is 0 Å². The van der Waals surface area contributed by atoms with Crippen molar-refractivity contribution in [2.75, 3.05) is 16.8 Å². The molecular weight excluding hydrogens is 448 g/mol. The number of aromatic amines is 1. The molecule has 1 fully saturated rings. The fraction of sp³-hybridized carbons (Fsp3) is 0.192. The van der Waals surface area contributed by atoms with Crippen molar-refractivity contribution in [2.45, 2.75) is 25.3 Å². The first kappa shape index (κ1) is 21.9. The summed E-state index contributed by atoms with van der Waals surface area (Å²) in [7, 11) is 0. The number of aromatic nitrogens is 1. The number of thiophene rings is 1. The first-order valence-corrected chi connectivity index (χ1v) is 12.1. The zero-order chi connectivity index (χ0) is 23.5. The molecule has 0 aliphatic carbocycles. The largest absolute Gasteiger partial charge is 0.361 e. The van der Waals surface area contributed by atoms with E-state index in [0.29, 0.717) is 30.0 Å². The quantitative estimate of drug-likeness (QED) is 0.374. The van der Waals surface area contributed by atoms with Crippen LogP contribution in [0.4, 0.5) is 11.4 Å². The molecule has 5 rings (SSSR count).